The highest BCUT2D eigenvalue weighted by Crippen LogP contribution is 2.26. The summed E-state index contributed by atoms with van der Waals surface area (Å²) in [6.45, 7) is 9.76. The van der Waals surface area contributed by atoms with Crippen LogP contribution in [0.1, 0.15) is 41.6 Å². The van der Waals surface area contributed by atoms with Gasteiger partial charge in [0, 0.05) is 62.9 Å². The Hall–Kier alpha value is -3.39. The lowest BCUT2D eigenvalue weighted by atomic mass is 9.94. The molecule has 1 saturated heterocycles. The summed E-state index contributed by atoms with van der Waals surface area (Å²) in [5.41, 5.74) is 4.12. The molecule has 0 bridgehead atoms. The number of benzene rings is 3. The zero-order valence-corrected chi connectivity index (χ0v) is 25.5. The third-order valence-electron chi connectivity index (χ3n) is 8.17. The van der Waals surface area contributed by atoms with E-state index < -0.39 is 0 Å². The average molecular weight is 588 g/mol. The number of para-hydroxylation sites is 2. The Kier molecular flexibility index (Phi) is 10.5. The lowest BCUT2D eigenvalue weighted by molar-refractivity contribution is 0.0782. The molecule has 0 aliphatic carbocycles. The van der Waals surface area contributed by atoms with Gasteiger partial charge in [0.1, 0.15) is 0 Å². The quantitative estimate of drug-likeness (QED) is 0.185. The van der Waals surface area contributed by atoms with Crippen molar-refractivity contribution in [2.24, 2.45) is 0 Å². The molecule has 222 valence electrons. The van der Waals surface area contributed by atoms with Gasteiger partial charge in [-0.3, -0.25) is 4.79 Å². The summed E-state index contributed by atoms with van der Waals surface area (Å²) >= 11 is 6.21. The monoisotopic (exact) mass is 587 g/mol. The van der Waals surface area contributed by atoms with Crippen molar-refractivity contribution in [1.29, 1.82) is 0 Å². The van der Waals surface area contributed by atoms with Crippen LogP contribution in [0.15, 0.2) is 78.9 Å². The molecule has 1 aromatic heterocycles. The van der Waals surface area contributed by atoms with Crippen LogP contribution in [0.25, 0.3) is 11.0 Å². The first kappa shape index (κ1) is 30.1. The summed E-state index contributed by atoms with van der Waals surface area (Å²) in [6, 6.07) is 26.0. The van der Waals surface area contributed by atoms with Gasteiger partial charge < -0.3 is 24.0 Å². The second kappa shape index (κ2) is 14.7. The van der Waals surface area contributed by atoms with Crippen LogP contribution in [0.3, 0.4) is 0 Å². The summed E-state index contributed by atoms with van der Waals surface area (Å²) in [5.74, 6) is 1.30. The fraction of sp³-hybridized carbons (Fsp3) is 0.412. The molecule has 5 rings (SSSR count). The summed E-state index contributed by atoms with van der Waals surface area (Å²) < 4.78 is 8.01. The predicted octanol–water partition coefficient (Wildman–Crippen LogP) is 6.18. The number of fused-ring (bicyclic) bond motifs is 1. The zero-order valence-electron chi connectivity index (χ0n) is 24.8. The fourth-order valence-electron chi connectivity index (χ4n) is 5.87. The molecular formula is C34H42ClN5O2. The second-order valence-electron chi connectivity index (χ2n) is 11.0. The molecule has 2 heterocycles. The van der Waals surface area contributed by atoms with Crippen LogP contribution in [0, 0.1) is 0 Å². The molecule has 0 saturated carbocycles. The maximum atomic E-state index is 13.1. The van der Waals surface area contributed by atoms with E-state index in [-0.39, 0.29) is 11.8 Å². The zero-order chi connectivity index (χ0) is 29.3. The molecule has 8 heteroatoms. The number of rotatable bonds is 12. The Labute approximate surface area is 254 Å². The number of imidazole rings is 1. The Morgan fingerprint density at radius 3 is 2.50 bits per heavy atom. The Morgan fingerprint density at radius 2 is 1.71 bits per heavy atom. The van der Waals surface area contributed by atoms with Gasteiger partial charge in [0.05, 0.1) is 17.6 Å². The van der Waals surface area contributed by atoms with Gasteiger partial charge in [-0.25, -0.2) is 4.98 Å². The van der Waals surface area contributed by atoms with Gasteiger partial charge in [-0.05, 0) is 74.8 Å². The number of anilines is 1. The van der Waals surface area contributed by atoms with Crippen LogP contribution in [0.4, 0.5) is 5.95 Å². The molecule has 1 fully saturated rings. The number of carbonyl (C=O) groups excluding carboxylic acids is 1. The molecular weight excluding hydrogens is 546 g/mol. The van der Waals surface area contributed by atoms with Crippen molar-refractivity contribution in [3.63, 3.8) is 0 Å². The van der Waals surface area contributed by atoms with E-state index in [1.165, 1.54) is 5.56 Å². The van der Waals surface area contributed by atoms with Crippen LogP contribution in [0.2, 0.25) is 5.02 Å². The number of nitrogens with zero attached hydrogens (tertiary/aromatic N) is 5. The lowest BCUT2D eigenvalue weighted by Gasteiger charge is -2.28. The van der Waals surface area contributed by atoms with Crippen molar-refractivity contribution < 1.29 is 9.53 Å². The number of likely N-dealkylation sites (N-methyl/N-ethyl adjacent to an activating group) is 1. The summed E-state index contributed by atoms with van der Waals surface area (Å²) in [5, 5.41) is 0.728. The maximum Gasteiger partial charge on any atom is 0.253 e. The minimum Gasteiger partial charge on any atom is -0.380 e. The van der Waals surface area contributed by atoms with E-state index in [1.54, 1.807) is 0 Å². The van der Waals surface area contributed by atoms with Gasteiger partial charge in [-0.1, -0.05) is 54.1 Å². The molecule has 3 aromatic carbocycles. The minimum atomic E-state index is 0.0483. The fourth-order valence-corrected chi connectivity index (χ4v) is 6.00. The molecule has 1 aliphatic rings. The van der Waals surface area contributed by atoms with Crippen molar-refractivity contribution in [3.8, 4) is 0 Å². The first-order chi connectivity index (χ1) is 20.5. The van der Waals surface area contributed by atoms with Gasteiger partial charge in [-0.15, -0.1) is 0 Å². The third kappa shape index (κ3) is 7.51. The molecule has 1 amide bonds. The number of halogens is 1. The van der Waals surface area contributed by atoms with Gasteiger partial charge in [-0.2, -0.15) is 0 Å². The van der Waals surface area contributed by atoms with E-state index in [2.05, 4.69) is 50.8 Å². The van der Waals surface area contributed by atoms with Crippen molar-refractivity contribution >= 4 is 34.5 Å². The van der Waals surface area contributed by atoms with Crippen molar-refractivity contribution in [1.82, 2.24) is 19.4 Å². The maximum absolute atomic E-state index is 13.1. The Bertz CT molecular complexity index is 1430. The van der Waals surface area contributed by atoms with E-state index in [1.807, 2.05) is 61.3 Å². The summed E-state index contributed by atoms with van der Waals surface area (Å²) in [7, 11) is 1.90. The molecule has 0 spiro atoms. The standard InChI is InChI=1S/C34H42ClN5O2/c1-3-42-25-24-40-32-13-8-7-12-31(32)36-34(40)39-20-9-19-38(22-23-39)21-18-29(27-14-16-30(35)17-15-27)26-37(2)33(41)28-10-5-4-6-11-28/h4-8,10-17,29H,3,9,18-26H2,1-2H3. The molecule has 42 heavy (non-hydrogen) atoms. The third-order valence-corrected chi connectivity index (χ3v) is 8.42. The Morgan fingerprint density at radius 1 is 0.952 bits per heavy atom. The number of carbonyl (C=O) groups is 1. The Balaban J connectivity index is 1.25. The number of hydrogen-bond acceptors (Lipinski definition) is 5. The largest absolute Gasteiger partial charge is 0.380 e. The number of ether oxygens (including phenoxy) is 1. The SMILES string of the molecule is CCOCCn1c(N2CCCN(CCC(CN(C)C(=O)c3ccccc3)c3ccc(Cl)cc3)CC2)nc2ccccc21. The van der Waals surface area contributed by atoms with E-state index in [0.717, 1.165) is 79.7 Å². The van der Waals surface area contributed by atoms with Crippen LogP contribution in [0.5, 0.6) is 0 Å². The van der Waals surface area contributed by atoms with Crippen molar-refractivity contribution in [3.05, 3.63) is 95.0 Å². The molecule has 0 radical (unpaired) electrons. The molecule has 1 atom stereocenters. The normalized spacial score (nSPS) is 15.1. The van der Waals surface area contributed by atoms with Crippen LogP contribution in [-0.4, -0.2) is 84.8 Å². The predicted molar refractivity (Wildman–Crippen MR) is 172 cm³/mol. The number of aromatic nitrogens is 2. The highest BCUT2D eigenvalue weighted by molar-refractivity contribution is 6.30. The van der Waals surface area contributed by atoms with E-state index in [4.69, 9.17) is 21.3 Å². The number of hydrogen-bond donors (Lipinski definition) is 0. The van der Waals surface area contributed by atoms with Crippen LogP contribution < -0.4 is 4.90 Å². The van der Waals surface area contributed by atoms with E-state index in [0.29, 0.717) is 19.8 Å². The van der Waals surface area contributed by atoms with Crippen LogP contribution in [-0.2, 0) is 11.3 Å². The number of amides is 1. The van der Waals surface area contributed by atoms with Crippen molar-refractivity contribution in [2.45, 2.75) is 32.2 Å². The topological polar surface area (TPSA) is 53.8 Å². The smallest absolute Gasteiger partial charge is 0.253 e. The average Bonchev–Trinajstić information content (AvgIpc) is 3.21. The van der Waals surface area contributed by atoms with E-state index in [9.17, 15) is 4.79 Å². The molecule has 7 nitrogen and oxygen atoms in total. The van der Waals surface area contributed by atoms with E-state index >= 15 is 0 Å². The van der Waals surface area contributed by atoms with Gasteiger partial charge in [0.25, 0.3) is 5.91 Å². The molecule has 4 aromatic rings. The first-order valence-corrected chi connectivity index (χ1v) is 15.5. The van der Waals surface area contributed by atoms with Gasteiger partial charge in [0.2, 0.25) is 5.95 Å². The second-order valence-corrected chi connectivity index (χ2v) is 11.5. The highest BCUT2D eigenvalue weighted by atomic mass is 35.5. The summed E-state index contributed by atoms with van der Waals surface area (Å²) in [6.07, 6.45) is 2.04. The molecule has 0 N–H and O–H groups in total. The lowest BCUT2D eigenvalue weighted by Crippen LogP contribution is -2.35. The van der Waals surface area contributed by atoms with Gasteiger partial charge in [0.15, 0.2) is 0 Å². The first-order valence-electron chi connectivity index (χ1n) is 15.1. The van der Waals surface area contributed by atoms with Gasteiger partial charge >= 0.3 is 0 Å². The summed E-state index contributed by atoms with van der Waals surface area (Å²) in [4.78, 5) is 25.0. The van der Waals surface area contributed by atoms with Crippen molar-refractivity contribution in [2.75, 3.05) is 64.4 Å². The minimum absolute atomic E-state index is 0.0483. The highest BCUT2D eigenvalue weighted by Gasteiger charge is 2.23. The molecule has 1 aliphatic heterocycles. The van der Waals surface area contributed by atoms with Crippen LogP contribution >= 0.6 is 11.6 Å². The molecule has 1 unspecified atom stereocenters.